The molecular formula is C13H19N5O2. The molecule has 20 heavy (non-hydrogen) atoms. The van der Waals surface area contributed by atoms with Crippen molar-refractivity contribution in [3.63, 3.8) is 0 Å². The molecule has 0 aliphatic rings. The molecule has 2 rings (SSSR count). The number of rotatable bonds is 4. The van der Waals surface area contributed by atoms with Crippen LogP contribution < -0.4 is 10.5 Å². The number of fused-ring (bicyclic) bond motifs is 1. The van der Waals surface area contributed by atoms with Crippen molar-refractivity contribution < 1.29 is 9.53 Å². The summed E-state index contributed by atoms with van der Waals surface area (Å²) < 4.78 is 6.74. The lowest BCUT2D eigenvalue weighted by Gasteiger charge is -2.21. The van der Waals surface area contributed by atoms with E-state index >= 15 is 0 Å². The van der Waals surface area contributed by atoms with E-state index < -0.39 is 6.04 Å². The van der Waals surface area contributed by atoms with Gasteiger partial charge >= 0.3 is 0 Å². The molecule has 0 aliphatic heterocycles. The van der Waals surface area contributed by atoms with Gasteiger partial charge in [0.05, 0.1) is 7.11 Å². The van der Waals surface area contributed by atoms with Gasteiger partial charge in [-0.15, -0.1) is 0 Å². The number of ether oxygens (including phenoxy) is 1. The third-order valence-corrected chi connectivity index (χ3v) is 3.34. The van der Waals surface area contributed by atoms with Crippen LogP contribution in [0.3, 0.4) is 0 Å². The fourth-order valence-corrected chi connectivity index (χ4v) is 2.05. The standard InChI is InChI=1S/C13H19N5O2/c1-5-17(3)12(19)8(2)18-11-9(15-13(18)14)6-7-10(16-11)20-4/h6-8H,5H2,1-4H3,(H2,14,15). The fraction of sp³-hybridized carbons (Fsp3) is 0.462. The molecule has 0 spiro atoms. The van der Waals surface area contributed by atoms with Crippen LogP contribution in [0.15, 0.2) is 12.1 Å². The summed E-state index contributed by atoms with van der Waals surface area (Å²) >= 11 is 0. The number of pyridine rings is 1. The maximum atomic E-state index is 12.3. The summed E-state index contributed by atoms with van der Waals surface area (Å²) in [5.74, 6) is 0.691. The Hall–Kier alpha value is -2.31. The van der Waals surface area contributed by atoms with Gasteiger partial charge in [-0.25, -0.2) is 4.98 Å². The van der Waals surface area contributed by atoms with Gasteiger partial charge in [-0.1, -0.05) is 0 Å². The average molecular weight is 277 g/mol. The Bertz CT molecular complexity index is 637. The van der Waals surface area contributed by atoms with Crippen molar-refractivity contribution in [3.05, 3.63) is 12.1 Å². The summed E-state index contributed by atoms with van der Waals surface area (Å²) in [6.07, 6.45) is 0. The number of aromatic nitrogens is 3. The lowest BCUT2D eigenvalue weighted by atomic mass is 10.3. The van der Waals surface area contributed by atoms with Gasteiger partial charge in [-0.05, 0) is 19.9 Å². The molecule has 0 saturated heterocycles. The number of anilines is 1. The number of carbonyl (C=O) groups excluding carboxylic acids is 1. The van der Waals surface area contributed by atoms with Crippen LogP contribution in [-0.2, 0) is 4.79 Å². The Labute approximate surface area is 117 Å². The van der Waals surface area contributed by atoms with Crippen molar-refractivity contribution in [2.24, 2.45) is 0 Å². The zero-order valence-electron chi connectivity index (χ0n) is 12.1. The van der Waals surface area contributed by atoms with Gasteiger partial charge in [0.15, 0.2) is 5.65 Å². The SMILES string of the molecule is CCN(C)C(=O)C(C)n1c(N)nc2ccc(OC)nc21. The molecule has 1 atom stereocenters. The molecule has 0 aliphatic carbocycles. The molecule has 2 aromatic heterocycles. The molecule has 2 aromatic rings. The highest BCUT2D eigenvalue weighted by atomic mass is 16.5. The second kappa shape index (κ2) is 5.36. The van der Waals surface area contributed by atoms with E-state index in [1.54, 1.807) is 35.6 Å². The third-order valence-electron chi connectivity index (χ3n) is 3.34. The van der Waals surface area contributed by atoms with E-state index in [0.717, 1.165) is 0 Å². The number of hydrogen-bond donors (Lipinski definition) is 1. The van der Waals surface area contributed by atoms with Crippen LogP contribution >= 0.6 is 0 Å². The molecule has 2 heterocycles. The number of nitrogens with two attached hydrogens (primary N) is 1. The smallest absolute Gasteiger partial charge is 0.245 e. The molecule has 0 aromatic carbocycles. The molecule has 1 unspecified atom stereocenters. The van der Waals surface area contributed by atoms with E-state index in [4.69, 9.17) is 10.5 Å². The van der Waals surface area contributed by atoms with E-state index in [1.807, 2.05) is 6.92 Å². The van der Waals surface area contributed by atoms with Crippen molar-refractivity contribution >= 4 is 23.0 Å². The van der Waals surface area contributed by atoms with Crippen LogP contribution in [0.4, 0.5) is 5.95 Å². The van der Waals surface area contributed by atoms with Crippen LogP contribution in [0.25, 0.3) is 11.2 Å². The first kappa shape index (κ1) is 14.1. The molecular weight excluding hydrogens is 258 g/mol. The van der Waals surface area contributed by atoms with Crippen LogP contribution in [0.1, 0.15) is 19.9 Å². The predicted molar refractivity (Wildman–Crippen MR) is 76.5 cm³/mol. The van der Waals surface area contributed by atoms with Gasteiger partial charge in [-0.2, -0.15) is 4.98 Å². The Kier molecular flexibility index (Phi) is 3.78. The van der Waals surface area contributed by atoms with Crippen LogP contribution in [0.5, 0.6) is 5.88 Å². The number of hydrogen-bond acceptors (Lipinski definition) is 5. The second-order valence-corrected chi connectivity index (χ2v) is 4.56. The number of carbonyl (C=O) groups is 1. The number of nitrogens with zero attached hydrogens (tertiary/aromatic N) is 4. The van der Waals surface area contributed by atoms with Gasteiger partial charge in [-0.3, -0.25) is 9.36 Å². The second-order valence-electron chi connectivity index (χ2n) is 4.56. The highest BCUT2D eigenvalue weighted by Gasteiger charge is 2.23. The lowest BCUT2D eigenvalue weighted by molar-refractivity contribution is -0.132. The van der Waals surface area contributed by atoms with E-state index in [0.29, 0.717) is 23.6 Å². The lowest BCUT2D eigenvalue weighted by Crippen LogP contribution is -2.33. The average Bonchev–Trinajstić information content (AvgIpc) is 2.79. The molecule has 0 saturated carbocycles. The highest BCUT2D eigenvalue weighted by molar-refractivity contribution is 5.84. The van der Waals surface area contributed by atoms with E-state index in [2.05, 4.69) is 9.97 Å². The molecule has 2 N–H and O–H groups in total. The quantitative estimate of drug-likeness (QED) is 0.903. The first-order valence-electron chi connectivity index (χ1n) is 6.43. The Balaban J connectivity index is 2.52. The maximum absolute atomic E-state index is 12.3. The first-order valence-corrected chi connectivity index (χ1v) is 6.43. The van der Waals surface area contributed by atoms with Crippen LogP contribution in [0, 0.1) is 0 Å². The highest BCUT2D eigenvalue weighted by Crippen LogP contribution is 2.24. The number of likely N-dealkylation sites (N-methyl/N-ethyl adjacent to an activating group) is 1. The molecule has 0 fully saturated rings. The fourth-order valence-electron chi connectivity index (χ4n) is 2.05. The minimum atomic E-state index is -0.468. The summed E-state index contributed by atoms with van der Waals surface area (Å²) in [7, 11) is 3.29. The van der Waals surface area contributed by atoms with Gasteiger partial charge in [0.2, 0.25) is 17.7 Å². The first-order chi connectivity index (χ1) is 9.49. The monoisotopic (exact) mass is 277 g/mol. The van der Waals surface area contributed by atoms with Crippen LogP contribution in [-0.4, -0.2) is 46.0 Å². The van der Waals surface area contributed by atoms with Gasteiger partial charge < -0.3 is 15.4 Å². The summed E-state index contributed by atoms with van der Waals surface area (Å²) in [4.78, 5) is 22.5. The minimum Gasteiger partial charge on any atom is -0.481 e. The van der Waals surface area contributed by atoms with E-state index in [-0.39, 0.29) is 11.9 Å². The van der Waals surface area contributed by atoms with Gasteiger partial charge in [0.25, 0.3) is 0 Å². The Morgan fingerprint density at radius 3 is 2.80 bits per heavy atom. The molecule has 108 valence electrons. The summed E-state index contributed by atoms with van der Waals surface area (Å²) in [6.45, 7) is 4.33. The van der Waals surface area contributed by atoms with E-state index in [9.17, 15) is 4.79 Å². The van der Waals surface area contributed by atoms with Gasteiger partial charge in [0, 0.05) is 19.7 Å². The normalized spacial score (nSPS) is 12.4. The Morgan fingerprint density at radius 1 is 1.50 bits per heavy atom. The molecule has 7 heteroatoms. The molecule has 0 radical (unpaired) electrons. The van der Waals surface area contributed by atoms with E-state index in [1.165, 1.54) is 7.11 Å². The third kappa shape index (κ3) is 2.26. The van der Waals surface area contributed by atoms with Crippen molar-refractivity contribution in [3.8, 4) is 5.88 Å². The predicted octanol–water partition coefficient (Wildman–Crippen LogP) is 1.06. The number of amides is 1. The van der Waals surface area contributed by atoms with Crippen LogP contribution in [0.2, 0.25) is 0 Å². The topological polar surface area (TPSA) is 86.3 Å². The minimum absolute atomic E-state index is 0.0388. The zero-order chi connectivity index (χ0) is 14.9. The number of methoxy groups -OCH3 is 1. The van der Waals surface area contributed by atoms with Crippen molar-refractivity contribution in [2.75, 3.05) is 26.4 Å². The van der Waals surface area contributed by atoms with Crippen molar-refractivity contribution in [1.82, 2.24) is 19.4 Å². The number of imidazole rings is 1. The summed E-state index contributed by atoms with van der Waals surface area (Å²) in [5.41, 5.74) is 7.11. The Morgan fingerprint density at radius 2 is 2.20 bits per heavy atom. The van der Waals surface area contributed by atoms with Crippen molar-refractivity contribution in [1.29, 1.82) is 0 Å². The molecule has 0 bridgehead atoms. The van der Waals surface area contributed by atoms with Gasteiger partial charge in [0.1, 0.15) is 11.6 Å². The molecule has 1 amide bonds. The maximum Gasteiger partial charge on any atom is 0.245 e. The molecule has 7 nitrogen and oxygen atoms in total. The number of nitrogen functional groups attached to an aromatic ring is 1. The summed E-state index contributed by atoms with van der Waals surface area (Å²) in [5, 5.41) is 0. The largest absolute Gasteiger partial charge is 0.481 e. The zero-order valence-corrected chi connectivity index (χ0v) is 12.1. The summed E-state index contributed by atoms with van der Waals surface area (Å²) in [6, 6.07) is 3.02. The van der Waals surface area contributed by atoms with Crippen molar-refractivity contribution in [2.45, 2.75) is 19.9 Å².